The lowest BCUT2D eigenvalue weighted by Crippen LogP contribution is -2.20. The SMILES string of the molecule is N=C(N)N.N=C(N)N.N=C(N)N.O=S(=O)(O)c1cc(O)c2c(N=Nc3ccc(Nc4ccccc4)c4c(S(=O)(=O)O)cccc34)cc(S(=O)(=O)O)cc2c1. The number of hydrogen-bond acceptors (Lipinski definition) is 13. The summed E-state index contributed by atoms with van der Waals surface area (Å²) in [6.07, 6.45) is 0. The molecule has 0 saturated heterocycles. The number of benzene rings is 5. The van der Waals surface area contributed by atoms with Gasteiger partial charge in [-0.05, 0) is 53.9 Å². The molecule has 25 heteroatoms. The van der Waals surface area contributed by atoms with Crippen LogP contribution in [0.2, 0.25) is 0 Å². The molecule has 0 fully saturated rings. The van der Waals surface area contributed by atoms with Crippen molar-refractivity contribution in [1.29, 1.82) is 16.2 Å². The number of nitrogens with zero attached hydrogens (tertiary/aromatic N) is 2. The van der Waals surface area contributed by atoms with Gasteiger partial charge in [-0.1, -0.05) is 30.3 Å². The molecule has 0 aliphatic heterocycles. The Bertz CT molecular complexity index is 2540. The molecule has 0 bridgehead atoms. The molecule has 5 aromatic rings. The van der Waals surface area contributed by atoms with E-state index >= 15 is 0 Å². The minimum absolute atomic E-state index is 0.0635. The molecule has 0 aromatic heterocycles. The Labute approximate surface area is 307 Å². The summed E-state index contributed by atoms with van der Waals surface area (Å²) in [5.74, 6) is -1.70. The summed E-state index contributed by atoms with van der Waals surface area (Å²) in [5.41, 5.74) is 27.5. The number of phenolic OH excluding ortho intramolecular Hbond substituents is 1. The Balaban J connectivity index is 0.000000736. The predicted molar refractivity (Wildman–Crippen MR) is 201 cm³/mol. The molecule has 22 nitrogen and oxygen atoms in total. The van der Waals surface area contributed by atoms with Gasteiger partial charge < -0.3 is 44.8 Å². The maximum atomic E-state index is 12.3. The molecule has 0 amide bonds. The van der Waals surface area contributed by atoms with Crippen molar-refractivity contribution in [1.82, 2.24) is 0 Å². The van der Waals surface area contributed by atoms with Gasteiger partial charge in [0.1, 0.15) is 10.6 Å². The molecular formula is C29H34N12O10S3. The van der Waals surface area contributed by atoms with Crippen molar-refractivity contribution in [2.45, 2.75) is 14.7 Å². The second-order valence-corrected chi connectivity index (χ2v) is 14.5. The molecular weight excluding hydrogens is 773 g/mol. The predicted octanol–water partition coefficient (Wildman–Crippen LogP) is 2.11. The fourth-order valence-electron chi connectivity index (χ4n) is 4.34. The first kappa shape index (κ1) is 43.5. The Morgan fingerprint density at radius 1 is 0.574 bits per heavy atom. The van der Waals surface area contributed by atoms with Crippen molar-refractivity contribution >= 4 is 92.5 Å². The Morgan fingerprint density at radius 3 is 1.54 bits per heavy atom. The maximum absolute atomic E-state index is 12.3. The van der Waals surface area contributed by atoms with Crippen LogP contribution < -0.4 is 39.7 Å². The standard InChI is InChI=1S/C26H19N3O10S3.3CH5N3/c30-23-14-18(41(34,35)36)12-15-11-17(40(31,32)33)13-22(25(15)23)29-28-20-9-10-21(27-16-5-2-1-3-6-16)26-19(20)7-4-8-24(26)42(37,38)39;3*2-1(3)4/h1-14,27,30H,(H,31,32,33)(H,34,35,36)(H,37,38,39);3*(H5,2,3,4). The third-order valence-corrected chi connectivity index (χ3v) is 8.68. The number of azo groups is 1. The van der Waals surface area contributed by atoms with Gasteiger partial charge in [0.2, 0.25) is 0 Å². The molecule has 0 atom stereocenters. The Hall–Kier alpha value is -6.64. The normalized spacial score (nSPS) is 11.2. The minimum Gasteiger partial charge on any atom is -0.507 e. The zero-order valence-electron chi connectivity index (χ0n) is 27.4. The second kappa shape index (κ2) is 17.7. The number of phenols is 1. The molecule has 0 aliphatic carbocycles. The molecule has 0 unspecified atom stereocenters. The summed E-state index contributed by atoms with van der Waals surface area (Å²) < 4.78 is 101. The number of nitrogens with two attached hydrogens (primary N) is 6. The van der Waals surface area contributed by atoms with E-state index in [4.69, 9.17) is 16.2 Å². The molecule has 288 valence electrons. The highest BCUT2D eigenvalue weighted by Gasteiger charge is 2.21. The zero-order chi connectivity index (χ0) is 41.2. The average molecular weight is 807 g/mol. The van der Waals surface area contributed by atoms with E-state index in [9.17, 15) is 44.0 Å². The number of guanidine groups is 3. The van der Waals surface area contributed by atoms with Gasteiger partial charge in [0.05, 0.1) is 26.6 Å². The van der Waals surface area contributed by atoms with Crippen molar-refractivity contribution in [3.05, 3.63) is 84.9 Å². The fourth-order valence-corrected chi connectivity index (χ4v) is 6.14. The van der Waals surface area contributed by atoms with Crippen LogP contribution in [0.4, 0.5) is 22.7 Å². The molecule has 0 saturated carbocycles. The number of hydrogen-bond donors (Lipinski definition) is 14. The average Bonchev–Trinajstić information content (AvgIpc) is 3.02. The van der Waals surface area contributed by atoms with E-state index in [1.165, 1.54) is 30.3 Å². The summed E-state index contributed by atoms with van der Waals surface area (Å²) in [5, 5.41) is 39.9. The van der Waals surface area contributed by atoms with Gasteiger partial charge in [0.15, 0.2) is 17.9 Å². The number of anilines is 2. The van der Waals surface area contributed by atoms with Crippen LogP contribution in [-0.4, -0.2) is 61.9 Å². The quantitative estimate of drug-likeness (QED) is 0.0484. The lowest BCUT2D eigenvalue weighted by molar-refractivity contribution is 0.471. The largest absolute Gasteiger partial charge is 0.507 e. The van der Waals surface area contributed by atoms with Crippen molar-refractivity contribution in [2.24, 2.45) is 44.6 Å². The first-order valence-electron chi connectivity index (χ1n) is 14.1. The molecule has 0 spiro atoms. The number of para-hydroxylation sites is 1. The third kappa shape index (κ3) is 12.8. The van der Waals surface area contributed by atoms with E-state index in [1.54, 1.807) is 30.3 Å². The van der Waals surface area contributed by atoms with Crippen molar-refractivity contribution < 1.29 is 44.0 Å². The monoisotopic (exact) mass is 806 g/mol. The van der Waals surface area contributed by atoms with E-state index in [2.05, 4.69) is 49.9 Å². The summed E-state index contributed by atoms with van der Waals surface area (Å²) in [4.78, 5) is -1.88. The van der Waals surface area contributed by atoms with E-state index < -0.39 is 50.8 Å². The van der Waals surface area contributed by atoms with Crippen molar-refractivity contribution in [3.63, 3.8) is 0 Å². The Morgan fingerprint density at radius 2 is 1.06 bits per heavy atom. The van der Waals surface area contributed by atoms with E-state index in [1.807, 2.05) is 0 Å². The summed E-state index contributed by atoms with van der Waals surface area (Å²) in [6.45, 7) is 0. The molecule has 0 aliphatic rings. The number of fused-ring (bicyclic) bond motifs is 2. The van der Waals surface area contributed by atoms with Gasteiger partial charge >= 0.3 is 0 Å². The first-order valence-corrected chi connectivity index (χ1v) is 18.5. The molecule has 0 heterocycles. The van der Waals surface area contributed by atoms with Crippen LogP contribution in [0.25, 0.3) is 21.5 Å². The summed E-state index contributed by atoms with van der Waals surface area (Å²) in [6, 6.07) is 19.2. The molecule has 5 rings (SSSR count). The Kier molecular flexibility index (Phi) is 14.3. The van der Waals surface area contributed by atoms with Crippen LogP contribution in [0.1, 0.15) is 0 Å². The molecule has 0 radical (unpaired) electrons. The highest BCUT2D eigenvalue weighted by atomic mass is 32.2. The van der Waals surface area contributed by atoms with E-state index in [0.717, 1.165) is 24.3 Å². The van der Waals surface area contributed by atoms with Gasteiger partial charge in [0, 0.05) is 28.2 Å². The fraction of sp³-hybridized carbons (Fsp3) is 0. The van der Waals surface area contributed by atoms with Gasteiger partial charge in [-0.2, -0.15) is 25.3 Å². The van der Waals surface area contributed by atoms with E-state index in [-0.39, 0.29) is 50.8 Å². The smallest absolute Gasteiger partial charge is 0.295 e. The molecule has 5 aromatic carbocycles. The van der Waals surface area contributed by atoms with Crippen molar-refractivity contribution in [2.75, 3.05) is 5.32 Å². The van der Waals surface area contributed by atoms with Crippen LogP contribution in [0.3, 0.4) is 0 Å². The third-order valence-electron chi connectivity index (χ3n) is 6.13. The van der Waals surface area contributed by atoms with Crippen molar-refractivity contribution in [3.8, 4) is 5.75 Å². The highest BCUT2D eigenvalue weighted by molar-refractivity contribution is 7.86. The van der Waals surface area contributed by atoms with Crippen LogP contribution in [0, 0.1) is 16.2 Å². The van der Waals surface area contributed by atoms with Crippen LogP contribution in [0.5, 0.6) is 5.75 Å². The van der Waals surface area contributed by atoms with Crippen LogP contribution in [0.15, 0.2) is 110 Å². The molecule has 54 heavy (non-hydrogen) atoms. The van der Waals surface area contributed by atoms with Crippen LogP contribution in [-0.2, 0) is 30.4 Å². The summed E-state index contributed by atoms with van der Waals surface area (Å²) in [7, 11) is -14.4. The lowest BCUT2D eigenvalue weighted by Gasteiger charge is -2.14. The minimum atomic E-state index is -4.85. The number of rotatable bonds is 7. The van der Waals surface area contributed by atoms with Gasteiger partial charge in [-0.3, -0.25) is 29.9 Å². The number of aromatic hydroxyl groups is 1. The maximum Gasteiger partial charge on any atom is 0.295 e. The lowest BCUT2D eigenvalue weighted by atomic mass is 10.1. The van der Waals surface area contributed by atoms with Crippen LogP contribution >= 0.6 is 0 Å². The summed E-state index contributed by atoms with van der Waals surface area (Å²) >= 11 is 0. The van der Waals surface area contributed by atoms with Gasteiger partial charge in [-0.15, -0.1) is 10.2 Å². The first-order chi connectivity index (χ1) is 24.8. The molecule has 20 N–H and O–H groups in total. The van der Waals surface area contributed by atoms with Gasteiger partial charge in [-0.25, -0.2) is 0 Å². The highest BCUT2D eigenvalue weighted by Crippen LogP contribution is 2.41. The zero-order valence-corrected chi connectivity index (χ0v) is 29.9. The second-order valence-electron chi connectivity index (χ2n) is 10.3. The van der Waals surface area contributed by atoms with E-state index in [0.29, 0.717) is 11.4 Å². The topological polar surface area (TPSA) is 448 Å². The number of nitrogens with one attached hydrogen (secondary N) is 4. The van der Waals surface area contributed by atoms with Gasteiger partial charge in [0.25, 0.3) is 30.4 Å².